The Morgan fingerprint density at radius 3 is 1.23 bits per heavy atom. The summed E-state index contributed by atoms with van der Waals surface area (Å²) in [5, 5.41) is 0. The van der Waals surface area contributed by atoms with Crippen molar-refractivity contribution in [3.63, 3.8) is 0 Å². The second-order valence-corrected chi connectivity index (χ2v) is 10.3. The van der Waals surface area contributed by atoms with Crippen LogP contribution in [0.5, 0.6) is 11.5 Å². The molecule has 3 aromatic rings. The molecule has 0 amide bonds. The molecule has 0 radical (unpaired) electrons. The predicted octanol–water partition coefficient (Wildman–Crippen LogP) is 3.72. The molecular weight excluding hydrogens is 424 g/mol. The van der Waals surface area contributed by atoms with Crippen molar-refractivity contribution in [3.05, 3.63) is 95.6 Å². The zero-order valence-electron chi connectivity index (χ0n) is 16.8. The third kappa shape index (κ3) is 5.20. The molecule has 30 heavy (non-hydrogen) atoms. The highest BCUT2D eigenvalue weighted by Crippen LogP contribution is 2.40. The minimum absolute atomic E-state index is 0.230. The topological polar surface area (TPSA) is 86.7 Å². The first kappa shape index (κ1) is 21.9. The van der Waals surface area contributed by atoms with Crippen LogP contribution in [-0.2, 0) is 25.7 Å². The standard InChI is InChI=1S/C22H22O6S2/c1-22(17-7-5-4-6-8-17,18-9-13-20(14-10-18)27-29(2,23)24)19-11-15-21(16-12-19)28-30(3,25)26/h4-16H,1-3H3. The van der Waals surface area contributed by atoms with Crippen LogP contribution in [0.2, 0.25) is 0 Å². The third-order valence-electron chi connectivity index (χ3n) is 4.71. The maximum atomic E-state index is 11.4. The van der Waals surface area contributed by atoms with E-state index < -0.39 is 25.7 Å². The minimum atomic E-state index is -3.61. The van der Waals surface area contributed by atoms with Gasteiger partial charge in [-0.05, 0) is 47.9 Å². The molecular formula is C22H22O6S2. The van der Waals surface area contributed by atoms with E-state index in [2.05, 4.69) is 0 Å². The molecule has 0 unspecified atom stereocenters. The van der Waals surface area contributed by atoms with Crippen molar-refractivity contribution in [1.82, 2.24) is 0 Å². The summed E-state index contributed by atoms with van der Waals surface area (Å²) < 4.78 is 55.4. The maximum Gasteiger partial charge on any atom is 0.306 e. The molecule has 6 nitrogen and oxygen atoms in total. The van der Waals surface area contributed by atoms with Crippen LogP contribution < -0.4 is 8.37 Å². The molecule has 0 aliphatic rings. The van der Waals surface area contributed by atoms with Gasteiger partial charge in [0, 0.05) is 5.41 Å². The zero-order chi connectivity index (χ0) is 22.0. The summed E-state index contributed by atoms with van der Waals surface area (Å²) in [4.78, 5) is 0. The summed E-state index contributed by atoms with van der Waals surface area (Å²) in [6, 6.07) is 23.5. The van der Waals surface area contributed by atoms with E-state index in [4.69, 9.17) is 8.37 Å². The average molecular weight is 447 g/mol. The van der Waals surface area contributed by atoms with Gasteiger partial charge < -0.3 is 8.37 Å². The lowest BCUT2D eigenvalue weighted by atomic mass is 9.71. The largest absolute Gasteiger partial charge is 0.383 e. The fraction of sp³-hybridized carbons (Fsp3) is 0.182. The van der Waals surface area contributed by atoms with Crippen molar-refractivity contribution in [2.75, 3.05) is 12.5 Å². The van der Waals surface area contributed by atoms with Gasteiger partial charge in [-0.25, -0.2) is 0 Å². The molecule has 158 valence electrons. The lowest BCUT2D eigenvalue weighted by molar-refractivity contribution is 0.491. The summed E-state index contributed by atoms with van der Waals surface area (Å²) in [5.74, 6) is 0.460. The van der Waals surface area contributed by atoms with Crippen molar-refractivity contribution in [2.24, 2.45) is 0 Å². The molecule has 0 N–H and O–H groups in total. The second kappa shape index (κ2) is 8.12. The number of benzene rings is 3. The van der Waals surface area contributed by atoms with Gasteiger partial charge in [0.05, 0.1) is 12.5 Å². The summed E-state index contributed by atoms with van der Waals surface area (Å²) in [6.45, 7) is 2.04. The van der Waals surface area contributed by atoms with Crippen LogP contribution in [0.3, 0.4) is 0 Å². The van der Waals surface area contributed by atoms with E-state index in [1.54, 1.807) is 24.3 Å². The second-order valence-electron chi connectivity index (χ2n) is 7.11. The highest BCUT2D eigenvalue weighted by atomic mass is 32.2. The molecule has 0 saturated heterocycles. The van der Waals surface area contributed by atoms with Gasteiger partial charge in [-0.2, -0.15) is 16.8 Å². The molecule has 0 heterocycles. The smallest absolute Gasteiger partial charge is 0.306 e. The Morgan fingerprint density at radius 1 is 0.567 bits per heavy atom. The fourth-order valence-electron chi connectivity index (χ4n) is 3.31. The van der Waals surface area contributed by atoms with E-state index in [0.29, 0.717) is 0 Å². The van der Waals surface area contributed by atoms with Crippen LogP contribution in [0.4, 0.5) is 0 Å². The van der Waals surface area contributed by atoms with Gasteiger partial charge in [-0.15, -0.1) is 0 Å². The average Bonchev–Trinajstić information content (AvgIpc) is 2.67. The highest BCUT2D eigenvalue weighted by Gasteiger charge is 2.31. The molecule has 0 saturated carbocycles. The van der Waals surface area contributed by atoms with Gasteiger partial charge >= 0.3 is 20.2 Å². The summed E-state index contributed by atoms with van der Waals surface area (Å²) in [5.41, 5.74) is 2.24. The van der Waals surface area contributed by atoms with Crippen molar-refractivity contribution in [3.8, 4) is 11.5 Å². The van der Waals surface area contributed by atoms with Gasteiger partial charge in [0.25, 0.3) is 0 Å². The van der Waals surface area contributed by atoms with Crippen LogP contribution >= 0.6 is 0 Å². The van der Waals surface area contributed by atoms with E-state index in [9.17, 15) is 16.8 Å². The maximum absolute atomic E-state index is 11.4. The molecule has 0 fully saturated rings. The molecule has 0 atom stereocenters. The highest BCUT2D eigenvalue weighted by molar-refractivity contribution is 7.86. The first-order valence-corrected chi connectivity index (χ1v) is 12.7. The number of rotatable bonds is 7. The van der Waals surface area contributed by atoms with E-state index in [1.807, 2.05) is 61.5 Å². The predicted molar refractivity (Wildman–Crippen MR) is 116 cm³/mol. The Hall–Kier alpha value is -2.84. The minimum Gasteiger partial charge on any atom is -0.383 e. The van der Waals surface area contributed by atoms with Crippen molar-refractivity contribution in [1.29, 1.82) is 0 Å². The Bertz CT molecular complexity index is 1140. The number of hydrogen-bond donors (Lipinski definition) is 0. The molecule has 0 bridgehead atoms. The first-order valence-electron chi connectivity index (χ1n) is 9.03. The number of hydrogen-bond acceptors (Lipinski definition) is 6. The van der Waals surface area contributed by atoms with Crippen LogP contribution in [-0.4, -0.2) is 29.3 Å². The lowest BCUT2D eigenvalue weighted by Gasteiger charge is -2.32. The monoisotopic (exact) mass is 446 g/mol. The Labute approximate surface area is 177 Å². The summed E-state index contributed by atoms with van der Waals surface area (Å²) in [7, 11) is -7.23. The van der Waals surface area contributed by atoms with Crippen LogP contribution in [0.25, 0.3) is 0 Å². The van der Waals surface area contributed by atoms with Gasteiger partial charge in [-0.1, -0.05) is 54.6 Å². The third-order valence-corrected chi connectivity index (χ3v) is 5.70. The Kier molecular flexibility index (Phi) is 5.92. The zero-order valence-corrected chi connectivity index (χ0v) is 18.4. The Morgan fingerprint density at radius 2 is 0.900 bits per heavy atom. The molecule has 0 aliphatic carbocycles. The van der Waals surface area contributed by atoms with E-state index in [0.717, 1.165) is 29.2 Å². The quantitative estimate of drug-likeness (QED) is 0.406. The molecule has 0 aliphatic heterocycles. The lowest BCUT2D eigenvalue weighted by Crippen LogP contribution is -2.25. The summed E-state index contributed by atoms with van der Waals surface area (Å²) >= 11 is 0. The molecule has 0 spiro atoms. The summed E-state index contributed by atoms with van der Waals surface area (Å²) in [6.07, 6.45) is 1.99. The van der Waals surface area contributed by atoms with E-state index in [1.165, 1.54) is 0 Å². The van der Waals surface area contributed by atoms with Gasteiger partial charge in [0.1, 0.15) is 11.5 Å². The molecule has 3 aromatic carbocycles. The Balaban J connectivity index is 2.07. The molecule has 8 heteroatoms. The van der Waals surface area contributed by atoms with Gasteiger partial charge in [0.2, 0.25) is 0 Å². The van der Waals surface area contributed by atoms with Crippen LogP contribution in [0, 0.1) is 0 Å². The van der Waals surface area contributed by atoms with Crippen molar-refractivity contribution in [2.45, 2.75) is 12.3 Å². The van der Waals surface area contributed by atoms with Crippen LogP contribution in [0.1, 0.15) is 23.6 Å². The molecule has 0 aromatic heterocycles. The van der Waals surface area contributed by atoms with Crippen molar-refractivity contribution < 1.29 is 25.2 Å². The van der Waals surface area contributed by atoms with E-state index in [-0.39, 0.29) is 11.5 Å². The molecule has 3 rings (SSSR count). The normalized spacial score (nSPS) is 12.4. The van der Waals surface area contributed by atoms with Crippen molar-refractivity contribution >= 4 is 20.2 Å². The van der Waals surface area contributed by atoms with Gasteiger partial charge in [0.15, 0.2) is 0 Å². The van der Waals surface area contributed by atoms with E-state index >= 15 is 0 Å². The SMILES string of the molecule is CC(c1ccccc1)(c1ccc(OS(C)(=O)=O)cc1)c1ccc(OS(C)(=O)=O)cc1. The fourth-order valence-corrected chi connectivity index (χ4v) is 4.23. The van der Waals surface area contributed by atoms with Gasteiger partial charge in [-0.3, -0.25) is 0 Å². The van der Waals surface area contributed by atoms with Crippen LogP contribution in [0.15, 0.2) is 78.9 Å². The first-order chi connectivity index (χ1) is 14.0.